The Morgan fingerprint density at radius 3 is 2.31 bits per heavy atom. The topological polar surface area (TPSA) is 83.1 Å². The van der Waals surface area contributed by atoms with E-state index < -0.39 is 15.2 Å². The molecule has 3 amide bonds. The standard InChI is InChI=1S/C35H38Cl3FN4O4.2C2H6/c36-35(37,38)32(44)41-34(23-26-10-12-28(39)13-11-26)15-14-27(24-34)25-43(33(45)40-29-6-2-1-3-7-29)30-8-4-9-31(22-30)47-19-5-16-42-17-20-46-21-18-42;2*1-2/h1-4,6-13,22,24H,5,14-21,23,25H2,(H,40,45)(H,41,44);2*1-2H3. The Labute approximate surface area is 317 Å². The number of carbonyl (C=O) groups excluding carboxylic acids is 2. The van der Waals surface area contributed by atoms with E-state index in [4.69, 9.17) is 44.3 Å². The number of hydrogen-bond donors (Lipinski definition) is 2. The molecule has 1 atom stereocenters. The van der Waals surface area contributed by atoms with Crippen molar-refractivity contribution >= 4 is 58.1 Å². The molecule has 0 radical (unpaired) electrons. The molecule has 1 heterocycles. The summed E-state index contributed by atoms with van der Waals surface area (Å²) in [6, 6.07) is 22.4. The van der Waals surface area contributed by atoms with Crippen molar-refractivity contribution < 1.29 is 23.5 Å². The number of benzene rings is 3. The lowest BCUT2D eigenvalue weighted by molar-refractivity contribution is -0.121. The van der Waals surface area contributed by atoms with Gasteiger partial charge in [-0.25, -0.2) is 9.18 Å². The highest BCUT2D eigenvalue weighted by atomic mass is 35.6. The lowest BCUT2D eigenvalue weighted by Gasteiger charge is -2.30. The number of ether oxygens (including phenoxy) is 2. The molecule has 1 unspecified atom stereocenters. The highest BCUT2D eigenvalue weighted by molar-refractivity contribution is 6.76. The van der Waals surface area contributed by atoms with Crippen LogP contribution in [0.4, 0.5) is 20.6 Å². The number of anilines is 2. The molecule has 2 aliphatic rings. The van der Waals surface area contributed by atoms with Gasteiger partial charge in [-0.3, -0.25) is 14.6 Å². The van der Waals surface area contributed by atoms with Crippen LogP contribution < -0.4 is 20.3 Å². The summed E-state index contributed by atoms with van der Waals surface area (Å²) in [5.74, 6) is -0.471. The Bertz CT molecular complexity index is 1530. The fourth-order valence-corrected chi connectivity index (χ4v) is 5.97. The van der Waals surface area contributed by atoms with E-state index in [2.05, 4.69) is 15.5 Å². The van der Waals surface area contributed by atoms with E-state index in [1.54, 1.807) is 17.0 Å². The third-order valence-corrected chi connectivity index (χ3v) is 8.69. The molecule has 1 aliphatic carbocycles. The van der Waals surface area contributed by atoms with Gasteiger partial charge in [0.25, 0.3) is 9.70 Å². The Morgan fingerprint density at radius 2 is 1.65 bits per heavy atom. The van der Waals surface area contributed by atoms with Gasteiger partial charge in [0, 0.05) is 43.6 Å². The van der Waals surface area contributed by atoms with E-state index in [0.717, 1.165) is 50.4 Å². The maximum atomic E-state index is 13.8. The minimum Gasteiger partial charge on any atom is -0.493 e. The van der Waals surface area contributed by atoms with Crippen LogP contribution >= 0.6 is 34.8 Å². The molecule has 8 nitrogen and oxygen atoms in total. The number of nitrogens with one attached hydrogen (secondary N) is 2. The van der Waals surface area contributed by atoms with Crippen LogP contribution in [0.2, 0.25) is 0 Å². The van der Waals surface area contributed by atoms with Gasteiger partial charge in [0.2, 0.25) is 0 Å². The second kappa shape index (κ2) is 21.2. The Kier molecular flexibility index (Phi) is 17.5. The largest absolute Gasteiger partial charge is 0.493 e. The van der Waals surface area contributed by atoms with Crippen molar-refractivity contribution in [3.05, 3.63) is 102 Å². The molecule has 1 saturated heterocycles. The van der Waals surface area contributed by atoms with Gasteiger partial charge in [-0.15, -0.1) is 0 Å². The van der Waals surface area contributed by atoms with E-state index >= 15 is 0 Å². The van der Waals surface area contributed by atoms with Gasteiger partial charge in [0.1, 0.15) is 11.6 Å². The van der Waals surface area contributed by atoms with E-state index in [-0.39, 0.29) is 18.4 Å². The Hall–Kier alpha value is -3.34. The fraction of sp³-hybridized carbons (Fsp3) is 0.436. The maximum absolute atomic E-state index is 13.8. The predicted octanol–water partition coefficient (Wildman–Crippen LogP) is 9.21. The molecule has 1 fully saturated rings. The van der Waals surface area contributed by atoms with Crippen molar-refractivity contribution in [1.82, 2.24) is 10.2 Å². The number of hydrogen-bond acceptors (Lipinski definition) is 5. The highest BCUT2D eigenvalue weighted by Gasteiger charge is 2.41. The van der Waals surface area contributed by atoms with E-state index in [9.17, 15) is 14.0 Å². The number of nitrogens with zero attached hydrogens (tertiary/aromatic N) is 2. The van der Waals surface area contributed by atoms with Crippen molar-refractivity contribution in [2.45, 2.75) is 62.7 Å². The zero-order valence-electron chi connectivity index (χ0n) is 29.9. The summed E-state index contributed by atoms with van der Waals surface area (Å²) >= 11 is 17.8. The maximum Gasteiger partial charge on any atom is 0.326 e. The molecule has 0 spiro atoms. The van der Waals surface area contributed by atoms with E-state index in [1.807, 2.05) is 88.4 Å². The van der Waals surface area contributed by atoms with Gasteiger partial charge in [-0.1, -0.05) is 111 Å². The number of carbonyl (C=O) groups is 2. The molecule has 3 aromatic carbocycles. The molecular formula is C39H50Cl3FN4O4. The molecule has 5 rings (SSSR count). The average molecular weight is 764 g/mol. The van der Waals surface area contributed by atoms with E-state index in [0.29, 0.717) is 43.0 Å². The van der Waals surface area contributed by atoms with Crippen LogP contribution in [0.3, 0.4) is 0 Å². The first-order valence-electron chi connectivity index (χ1n) is 17.6. The number of alkyl halides is 3. The lowest BCUT2D eigenvalue weighted by atomic mass is 9.90. The van der Waals surface area contributed by atoms with Gasteiger partial charge in [0.05, 0.1) is 25.4 Å². The first-order valence-corrected chi connectivity index (χ1v) is 18.7. The van der Waals surface area contributed by atoms with Crippen molar-refractivity contribution in [2.75, 3.05) is 56.2 Å². The van der Waals surface area contributed by atoms with Crippen LogP contribution in [-0.4, -0.2) is 72.2 Å². The molecule has 0 bridgehead atoms. The number of urea groups is 1. The van der Waals surface area contributed by atoms with E-state index in [1.165, 1.54) is 12.1 Å². The minimum absolute atomic E-state index is 0.230. The summed E-state index contributed by atoms with van der Waals surface area (Å²) in [6.07, 6.45) is 4.19. The van der Waals surface area contributed by atoms with Crippen LogP contribution in [0.1, 0.15) is 52.5 Å². The summed E-state index contributed by atoms with van der Waals surface area (Å²) in [5, 5.41) is 5.90. The number of para-hydroxylation sites is 1. The SMILES string of the molecule is CC.CC.O=C(Nc1ccccc1)N(CC1=CC(Cc2ccc(F)cc2)(NC(=O)C(Cl)(Cl)Cl)CC1)c1cccc(OCCCN2CCOCC2)c1. The smallest absolute Gasteiger partial charge is 0.326 e. The summed E-state index contributed by atoms with van der Waals surface area (Å²) in [4.78, 5) is 30.7. The molecule has 3 aromatic rings. The minimum atomic E-state index is -2.17. The van der Waals surface area contributed by atoms with Gasteiger partial charge in [0.15, 0.2) is 0 Å². The first-order chi connectivity index (χ1) is 24.6. The van der Waals surface area contributed by atoms with Crippen LogP contribution in [-0.2, 0) is 16.0 Å². The summed E-state index contributed by atoms with van der Waals surface area (Å²) in [6.45, 7) is 13.1. The monoisotopic (exact) mass is 762 g/mol. The fourth-order valence-electron chi connectivity index (χ4n) is 5.83. The third-order valence-electron chi connectivity index (χ3n) is 8.18. The quantitative estimate of drug-likeness (QED) is 0.109. The normalized spacial score (nSPS) is 17.1. The molecule has 0 aromatic heterocycles. The van der Waals surface area contributed by atoms with Crippen molar-refractivity contribution in [1.29, 1.82) is 0 Å². The zero-order valence-corrected chi connectivity index (χ0v) is 32.2. The van der Waals surface area contributed by atoms with Crippen molar-refractivity contribution in [3.63, 3.8) is 0 Å². The second-order valence-electron chi connectivity index (χ2n) is 11.7. The van der Waals surface area contributed by atoms with Crippen LogP contribution in [0.25, 0.3) is 0 Å². The molecule has 12 heteroatoms. The molecule has 2 N–H and O–H groups in total. The van der Waals surface area contributed by atoms with Crippen LogP contribution in [0.5, 0.6) is 5.75 Å². The Morgan fingerprint density at radius 1 is 0.961 bits per heavy atom. The van der Waals surface area contributed by atoms with Crippen molar-refractivity contribution in [2.24, 2.45) is 0 Å². The zero-order chi connectivity index (χ0) is 37.3. The average Bonchev–Trinajstić information content (AvgIpc) is 3.54. The van der Waals surface area contributed by atoms with Gasteiger partial charge in [-0.05, 0) is 67.6 Å². The van der Waals surface area contributed by atoms with Gasteiger partial charge < -0.3 is 20.1 Å². The molecule has 278 valence electrons. The molecule has 1 aliphatic heterocycles. The summed E-state index contributed by atoms with van der Waals surface area (Å²) < 4.78 is 23.0. The first kappa shape index (κ1) is 42.1. The predicted molar refractivity (Wildman–Crippen MR) is 208 cm³/mol. The second-order valence-corrected chi connectivity index (χ2v) is 14.0. The van der Waals surface area contributed by atoms with Gasteiger partial charge in [-0.2, -0.15) is 0 Å². The summed E-state index contributed by atoms with van der Waals surface area (Å²) in [5.41, 5.74) is 2.08. The number of halogens is 4. The third kappa shape index (κ3) is 13.6. The Balaban J connectivity index is 0.00000169. The van der Waals surface area contributed by atoms with Gasteiger partial charge >= 0.3 is 6.03 Å². The lowest BCUT2D eigenvalue weighted by Crippen LogP contribution is -2.51. The number of rotatable bonds is 12. The number of morpholine rings is 1. The molecule has 0 saturated carbocycles. The summed E-state index contributed by atoms with van der Waals surface area (Å²) in [7, 11) is 0. The molecular weight excluding hydrogens is 714 g/mol. The van der Waals surface area contributed by atoms with Crippen LogP contribution in [0, 0.1) is 5.82 Å². The highest BCUT2D eigenvalue weighted by Crippen LogP contribution is 2.36. The van der Waals surface area contributed by atoms with Crippen molar-refractivity contribution in [3.8, 4) is 5.75 Å². The van der Waals surface area contributed by atoms with Crippen LogP contribution in [0.15, 0.2) is 90.5 Å². The molecule has 51 heavy (non-hydrogen) atoms. The number of amides is 3.